The van der Waals surface area contributed by atoms with E-state index in [0.717, 1.165) is 15.7 Å². The van der Waals surface area contributed by atoms with E-state index in [4.69, 9.17) is 0 Å². The second-order valence-corrected chi connectivity index (χ2v) is 7.52. The van der Waals surface area contributed by atoms with Crippen molar-refractivity contribution >= 4 is 40.3 Å². The molecule has 17 heavy (non-hydrogen) atoms. The third kappa shape index (κ3) is 3.61. The van der Waals surface area contributed by atoms with Crippen molar-refractivity contribution in [2.75, 3.05) is 12.3 Å². The van der Waals surface area contributed by atoms with Gasteiger partial charge >= 0.3 is 0 Å². The van der Waals surface area contributed by atoms with Crippen LogP contribution in [0, 0.1) is 3.57 Å². The fourth-order valence-corrected chi connectivity index (χ4v) is 3.76. The van der Waals surface area contributed by atoms with Crippen molar-refractivity contribution in [2.45, 2.75) is 24.5 Å². The molecule has 1 aliphatic heterocycles. The number of benzene rings is 1. The van der Waals surface area contributed by atoms with Crippen LogP contribution in [-0.2, 0) is 0 Å². The van der Waals surface area contributed by atoms with Crippen LogP contribution in [0.1, 0.15) is 30.1 Å². The summed E-state index contributed by atoms with van der Waals surface area (Å²) in [6, 6.07) is 7.69. The summed E-state index contributed by atoms with van der Waals surface area (Å²) in [6.07, 6.45) is 2.46. The predicted molar refractivity (Wildman–Crippen MR) is 81.6 cm³/mol. The average Bonchev–Trinajstić information content (AvgIpc) is 2.74. The molecule has 1 aromatic carbocycles. The zero-order valence-corrected chi connectivity index (χ0v) is 12.8. The SMILES string of the molecule is CC1(CNC(=O)c2cccc(I)c2)CCCS1. The van der Waals surface area contributed by atoms with E-state index in [2.05, 4.69) is 34.8 Å². The van der Waals surface area contributed by atoms with E-state index in [-0.39, 0.29) is 10.7 Å². The van der Waals surface area contributed by atoms with E-state index in [1.54, 1.807) is 0 Å². The maximum absolute atomic E-state index is 12.0. The van der Waals surface area contributed by atoms with Crippen LogP contribution in [-0.4, -0.2) is 23.0 Å². The molecule has 1 N–H and O–H groups in total. The Morgan fingerprint density at radius 2 is 2.41 bits per heavy atom. The summed E-state index contributed by atoms with van der Waals surface area (Å²) in [5.41, 5.74) is 0.753. The van der Waals surface area contributed by atoms with E-state index < -0.39 is 0 Å². The number of hydrogen-bond acceptors (Lipinski definition) is 2. The van der Waals surface area contributed by atoms with Crippen LogP contribution < -0.4 is 5.32 Å². The van der Waals surface area contributed by atoms with E-state index in [0.29, 0.717) is 0 Å². The molecule has 0 spiro atoms. The Labute approximate surface area is 120 Å². The number of rotatable bonds is 3. The van der Waals surface area contributed by atoms with Crippen LogP contribution in [0.2, 0.25) is 0 Å². The molecule has 1 fully saturated rings. The molecule has 1 unspecified atom stereocenters. The van der Waals surface area contributed by atoms with Gasteiger partial charge in [0.05, 0.1) is 0 Å². The minimum absolute atomic E-state index is 0.0391. The van der Waals surface area contributed by atoms with Crippen molar-refractivity contribution in [3.63, 3.8) is 0 Å². The van der Waals surface area contributed by atoms with Crippen LogP contribution in [0.5, 0.6) is 0 Å². The molecule has 0 radical (unpaired) electrons. The monoisotopic (exact) mass is 361 g/mol. The van der Waals surface area contributed by atoms with Crippen molar-refractivity contribution in [1.82, 2.24) is 5.32 Å². The Morgan fingerprint density at radius 3 is 3.06 bits per heavy atom. The summed E-state index contributed by atoms with van der Waals surface area (Å²) in [4.78, 5) is 12.0. The van der Waals surface area contributed by atoms with Gasteiger partial charge in [0.2, 0.25) is 0 Å². The molecule has 0 aliphatic carbocycles. The highest BCUT2D eigenvalue weighted by molar-refractivity contribution is 14.1. The fraction of sp³-hybridized carbons (Fsp3) is 0.462. The molecule has 2 nitrogen and oxygen atoms in total. The molecule has 1 amide bonds. The molecule has 1 aromatic rings. The molecule has 0 saturated carbocycles. The van der Waals surface area contributed by atoms with Gasteiger partial charge in [-0.05, 0) is 66.3 Å². The van der Waals surface area contributed by atoms with Crippen molar-refractivity contribution in [2.24, 2.45) is 0 Å². The van der Waals surface area contributed by atoms with Crippen molar-refractivity contribution in [1.29, 1.82) is 0 Å². The van der Waals surface area contributed by atoms with Gasteiger partial charge in [-0.3, -0.25) is 4.79 Å². The maximum atomic E-state index is 12.0. The number of carbonyl (C=O) groups excluding carboxylic acids is 1. The largest absolute Gasteiger partial charge is 0.351 e. The molecule has 92 valence electrons. The summed E-state index contributed by atoms with van der Waals surface area (Å²) in [7, 11) is 0. The Balaban J connectivity index is 1.93. The van der Waals surface area contributed by atoms with Gasteiger partial charge in [-0.15, -0.1) is 0 Å². The van der Waals surface area contributed by atoms with Crippen LogP contribution in [0.25, 0.3) is 0 Å². The number of hydrogen-bond donors (Lipinski definition) is 1. The molecule has 0 bridgehead atoms. The van der Waals surface area contributed by atoms with Gasteiger partial charge in [0.1, 0.15) is 0 Å². The van der Waals surface area contributed by atoms with Crippen LogP contribution in [0.4, 0.5) is 0 Å². The summed E-state index contributed by atoms with van der Waals surface area (Å²) in [6.45, 7) is 3.00. The molecule has 4 heteroatoms. The van der Waals surface area contributed by atoms with Gasteiger partial charge in [0, 0.05) is 20.4 Å². The zero-order chi connectivity index (χ0) is 12.3. The second-order valence-electron chi connectivity index (χ2n) is 4.59. The van der Waals surface area contributed by atoms with Crippen LogP contribution in [0.3, 0.4) is 0 Å². The number of amides is 1. The lowest BCUT2D eigenvalue weighted by Crippen LogP contribution is -2.36. The number of thioether (sulfide) groups is 1. The fourth-order valence-electron chi connectivity index (χ4n) is 1.98. The summed E-state index contributed by atoms with van der Waals surface area (Å²) in [5.74, 6) is 1.26. The molecule has 1 aliphatic rings. The van der Waals surface area contributed by atoms with Crippen molar-refractivity contribution < 1.29 is 4.79 Å². The Hall–Kier alpha value is -0.230. The predicted octanol–water partition coefficient (Wildman–Crippen LogP) is 3.31. The molecule has 1 atom stereocenters. The Bertz CT molecular complexity index is 416. The second kappa shape index (κ2) is 5.61. The van der Waals surface area contributed by atoms with E-state index >= 15 is 0 Å². The summed E-state index contributed by atoms with van der Waals surface area (Å²) >= 11 is 4.19. The van der Waals surface area contributed by atoms with Gasteiger partial charge in [-0.2, -0.15) is 11.8 Å². The van der Waals surface area contributed by atoms with Crippen LogP contribution >= 0.6 is 34.4 Å². The molecule has 1 heterocycles. The lowest BCUT2D eigenvalue weighted by atomic mass is 10.1. The number of carbonyl (C=O) groups is 1. The van der Waals surface area contributed by atoms with Crippen molar-refractivity contribution in [3.8, 4) is 0 Å². The first-order valence-corrected chi connectivity index (χ1v) is 7.83. The van der Waals surface area contributed by atoms with Gasteiger partial charge < -0.3 is 5.32 Å². The average molecular weight is 361 g/mol. The first-order valence-electron chi connectivity index (χ1n) is 5.77. The normalized spacial score (nSPS) is 23.6. The highest BCUT2D eigenvalue weighted by atomic mass is 127. The van der Waals surface area contributed by atoms with E-state index in [9.17, 15) is 4.79 Å². The smallest absolute Gasteiger partial charge is 0.251 e. The standard InChI is InChI=1S/C13H16INOS/c1-13(6-3-7-17-13)9-15-12(16)10-4-2-5-11(14)8-10/h2,4-5,8H,3,6-7,9H2,1H3,(H,15,16). The maximum Gasteiger partial charge on any atom is 0.251 e. The van der Waals surface area contributed by atoms with Crippen molar-refractivity contribution in [3.05, 3.63) is 33.4 Å². The first-order chi connectivity index (χ1) is 8.09. The number of halogens is 1. The van der Waals surface area contributed by atoms with E-state index in [1.807, 2.05) is 36.0 Å². The summed E-state index contributed by atoms with van der Waals surface area (Å²) < 4.78 is 1.33. The highest BCUT2D eigenvalue weighted by Crippen LogP contribution is 2.36. The quantitative estimate of drug-likeness (QED) is 0.837. The molecule has 0 aromatic heterocycles. The molecular formula is C13H16INOS. The topological polar surface area (TPSA) is 29.1 Å². The summed E-state index contributed by atoms with van der Waals surface area (Å²) in [5, 5.41) is 3.05. The third-order valence-corrected chi connectivity index (χ3v) is 5.22. The van der Waals surface area contributed by atoms with Gasteiger partial charge in [0.15, 0.2) is 0 Å². The van der Waals surface area contributed by atoms with Gasteiger partial charge in [-0.1, -0.05) is 6.07 Å². The minimum atomic E-state index is 0.0391. The van der Waals surface area contributed by atoms with Gasteiger partial charge in [-0.25, -0.2) is 0 Å². The molecule has 1 saturated heterocycles. The minimum Gasteiger partial charge on any atom is -0.351 e. The highest BCUT2D eigenvalue weighted by Gasteiger charge is 2.29. The number of nitrogens with one attached hydrogen (secondary N) is 1. The van der Waals surface area contributed by atoms with Crippen LogP contribution in [0.15, 0.2) is 24.3 Å². The molecular weight excluding hydrogens is 345 g/mol. The lowest BCUT2D eigenvalue weighted by molar-refractivity contribution is 0.0950. The zero-order valence-electron chi connectivity index (χ0n) is 9.83. The Morgan fingerprint density at radius 1 is 1.59 bits per heavy atom. The Kier molecular flexibility index (Phi) is 4.36. The third-order valence-electron chi connectivity index (χ3n) is 3.01. The van der Waals surface area contributed by atoms with Gasteiger partial charge in [0.25, 0.3) is 5.91 Å². The first kappa shape index (κ1) is 13.2. The molecule has 2 rings (SSSR count). The van der Waals surface area contributed by atoms with E-state index in [1.165, 1.54) is 18.6 Å². The lowest BCUT2D eigenvalue weighted by Gasteiger charge is -2.22.